The molecule has 1 aromatic carbocycles. The number of benzene rings is 1. The number of aromatic carboxylic acids is 1. The lowest BCUT2D eigenvalue weighted by molar-refractivity contribution is -0.137. The molecule has 1 atom stereocenters. The topological polar surface area (TPSA) is 100.0 Å². The molecule has 2 aliphatic heterocycles. The Hall–Kier alpha value is -3.10. The van der Waals surface area contributed by atoms with Gasteiger partial charge in [-0.25, -0.2) is 14.2 Å². The maximum atomic E-state index is 14.5. The van der Waals surface area contributed by atoms with Crippen molar-refractivity contribution in [1.82, 2.24) is 9.88 Å². The number of carbonyl (C=O) groups excluding carboxylic acids is 1. The summed E-state index contributed by atoms with van der Waals surface area (Å²) in [6.45, 7) is -0.834. The number of likely N-dealkylation sites (tertiary alicyclic amines) is 1. The fourth-order valence-corrected chi connectivity index (χ4v) is 4.05. The standard InChI is InChI=1S/C19H13F3N2O5S/c1-24-5-4-18(28,17(24)27)3-2-9-6-10-12(7-11(9)20)29-8-19(21,22)14-13(10)23-15(30-14)16(25)26/h6-7,28H,4-5,8H2,1H3,(H,25,26). The molecule has 2 N–H and O–H groups in total. The van der Waals surface area contributed by atoms with Crippen molar-refractivity contribution in [2.75, 3.05) is 20.2 Å². The molecule has 11 heteroatoms. The second-order valence-corrected chi connectivity index (χ2v) is 7.91. The Bertz CT molecular complexity index is 1150. The number of aromatic nitrogens is 1. The third kappa shape index (κ3) is 3.18. The van der Waals surface area contributed by atoms with Crippen molar-refractivity contribution in [1.29, 1.82) is 0 Å². The lowest BCUT2D eigenvalue weighted by Gasteiger charge is -2.13. The molecule has 0 bridgehead atoms. The number of hydrogen-bond donors (Lipinski definition) is 2. The molecule has 1 unspecified atom stereocenters. The van der Waals surface area contributed by atoms with Gasteiger partial charge < -0.3 is 19.8 Å². The summed E-state index contributed by atoms with van der Waals surface area (Å²) in [6.07, 6.45) is 0.0371. The lowest BCUT2D eigenvalue weighted by atomic mass is 10.0. The van der Waals surface area contributed by atoms with Crippen LogP contribution in [-0.4, -0.2) is 57.8 Å². The highest BCUT2D eigenvalue weighted by molar-refractivity contribution is 7.14. The number of halogens is 3. The largest absolute Gasteiger partial charge is 0.486 e. The molecule has 156 valence electrons. The van der Waals surface area contributed by atoms with Gasteiger partial charge in [0.15, 0.2) is 6.61 Å². The SMILES string of the molecule is CN1CCC(O)(C#Cc2cc3c(cc2F)OCC(F)(F)c2sc(C(=O)O)nc2-3)C1=O. The minimum atomic E-state index is -3.53. The number of fused-ring (bicyclic) bond motifs is 3. The number of carboxylic acids is 1. The Kier molecular flexibility index (Phi) is 4.52. The highest BCUT2D eigenvalue weighted by Crippen LogP contribution is 2.46. The number of hydrogen-bond acceptors (Lipinski definition) is 6. The molecule has 2 aromatic rings. The van der Waals surface area contributed by atoms with Crippen LogP contribution in [0.5, 0.6) is 5.75 Å². The average molecular weight is 438 g/mol. The van der Waals surface area contributed by atoms with Gasteiger partial charge in [0.1, 0.15) is 16.4 Å². The zero-order valence-electron chi connectivity index (χ0n) is 15.3. The Morgan fingerprint density at radius 1 is 1.40 bits per heavy atom. The molecule has 30 heavy (non-hydrogen) atoms. The fourth-order valence-electron chi connectivity index (χ4n) is 3.17. The van der Waals surface area contributed by atoms with Gasteiger partial charge in [0.2, 0.25) is 10.6 Å². The molecule has 0 aliphatic carbocycles. The third-order valence-corrected chi connectivity index (χ3v) is 5.94. The van der Waals surface area contributed by atoms with Crippen LogP contribution in [-0.2, 0) is 10.7 Å². The van der Waals surface area contributed by atoms with Gasteiger partial charge in [-0.15, -0.1) is 11.3 Å². The number of aliphatic hydroxyl groups is 1. The Balaban J connectivity index is 1.84. The summed E-state index contributed by atoms with van der Waals surface area (Å²) >= 11 is 0.310. The van der Waals surface area contributed by atoms with Crippen LogP contribution in [0.15, 0.2) is 12.1 Å². The van der Waals surface area contributed by atoms with Gasteiger partial charge in [-0.05, 0) is 6.07 Å². The van der Waals surface area contributed by atoms with Gasteiger partial charge in [0, 0.05) is 31.6 Å². The van der Waals surface area contributed by atoms with E-state index in [2.05, 4.69) is 16.8 Å². The van der Waals surface area contributed by atoms with Gasteiger partial charge in [-0.3, -0.25) is 4.79 Å². The maximum absolute atomic E-state index is 14.5. The van der Waals surface area contributed by atoms with Gasteiger partial charge in [-0.1, -0.05) is 11.8 Å². The number of carboxylic acid groups (broad SMARTS) is 1. The van der Waals surface area contributed by atoms with Crippen LogP contribution in [0.25, 0.3) is 11.3 Å². The molecule has 0 spiro atoms. The minimum Gasteiger partial charge on any atom is -0.486 e. The number of ether oxygens (including phenoxy) is 1. The number of amides is 1. The normalized spacial score (nSPS) is 21.8. The number of alkyl halides is 2. The van der Waals surface area contributed by atoms with Gasteiger partial charge in [0.25, 0.3) is 5.91 Å². The molecule has 1 saturated heterocycles. The molecule has 1 amide bonds. The van der Waals surface area contributed by atoms with Crippen LogP contribution in [0.4, 0.5) is 13.2 Å². The molecule has 1 fully saturated rings. The molecule has 7 nitrogen and oxygen atoms in total. The molecule has 4 rings (SSSR count). The van der Waals surface area contributed by atoms with E-state index >= 15 is 0 Å². The lowest BCUT2D eigenvalue weighted by Crippen LogP contribution is -2.37. The van der Waals surface area contributed by atoms with Crippen LogP contribution in [0.2, 0.25) is 0 Å². The maximum Gasteiger partial charge on any atom is 0.365 e. The average Bonchev–Trinajstić information content (AvgIpc) is 3.22. The van der Waals surface area contributed by atoms with Crippen molar-refractivity contribution < 1.29 is 37.7 Å². The third-order valence-electron chi connectivity index (χ3n) is 4.79. The number of thiazole rings is 1. The molecule has 0 saturated carbocycles. The summed E-state index contributed by atoms with van der Waals surface area (Å²) in [7, 11) is 1.49. The summed E-state index contributed by atoms with van der Waals surface area (Å²) in [5.41, 5.74) is -2.65. The number of likely N-dealkylation sites (N-methyl/N-ethyl adjacent to an activating group) is 1. The van der Waals surface area contributed by atoms with Crippen LogP contribution < -0.4 is 4.74 Å². The van der Waals surface area contributed by atoms with Gasteiger partial charge in [-0.2, -0.15) is 8.78 Å². The second-order valence-electron chi connectivity index (χ2n) is 6.91. The number of nitrogens with zero attached hydrogens (tertiary/aromatic N) is 2. The fraction of sp³-hybridized carbons (Fsp3) is 0.316. The quantitative estimate of drug-likeness (QED) is 0.662. The van der Waals surface area contributed by atoms with E-state index in [4.69, 9.17) is 9.84 Å². The summed E-state index contributed by atoms with van der Waals surface area (Å²) in [5.74, 6) is -2.03. The highest BCUT2D eigenvalue weighted by atomic mass is 32.1. The summed E-state index contributed by atoms with van der Waals surface area (Å²) in [6, 6.07) is 1.94. The molecule has 2 aliphatic rings. The molecule has 1 aromatic heterocycles. The van der Waals surface area contributed by atoms with E-state index in [9.17, 15) is 27.9 Å². The van der Waals surface area contributed by atoms with Crippen molar-refractivity contribution in [3.63, 3.8) is 0 Å². The minimum absolute atomic E-state index is 0.0371. The van der Waals surface area contributed by atoms with E-state index < -0.39 is 45.7 Å². The number of carbonyl (C=O) groups is 2. The van der Waals surface area contributed by atoms with E-state index in [0.29, 0.717) is 11.3 Å². The number of rotatable bonds is 1. The summed E-state index contributed by atoms with van der Waals surface area (Å²) in [5, 5.41) is 19.0. The first-order valence-electron chi connectivity index (χ1n) is 8.62. The van der Waals surface area contributed by atoms with Crippen molar-refractivity contribution in [3.8, 4) is 28.8 Å². The summed E-state index contributed by atoms with van der Waals surface area (Å²) < 4.78 is 48.4. The Labute approximate surface area is 171 Å². The van der Waals surface area contributed by atoms with Crippen molar-refractivity contribution >= 4 is 23.2 Å². The van der Waals surface area contributed by atoms with Crippen LogP contribution in [0, 0.1) is 17.7 Å². The van der Waals surface area contributed by atoms with Crippen LogP contribution in [0.3, 0.4) is 0 Å². The van der Waals surface area contributed by atoms with E-state index in [1.54, 1.807) is 0 Å². The molecule has 0 radical (unpaired) electrons. The second kappa shape index (κ2) is 6.72. The zero-order valence-corrected chi connectivity index (χ0v) is 16.1. The predicted octanol–water partition coefficient (Wildman–Crippen LogP) is 2.08. The van der Waals surface area contributed by atoms with Gasteiger partial charge >= 0.3 is 11.9 Å². The monoisotopic (exact) mass is 438 g/mol. The van der Waals surface area contributed by atoms with Crippen LogP contribution >= 0.6 is 11.3 Å². The van der Waals surface area contributed by atoms with E-state index in [-0.39, 0.29) is 35.5 Å². The van der Waals surface area contributed by atoms with E-state index in [1.165, 1.54) is 11.9 Å². The smallest absolute Gasteiger partial charge is 0.365 e. The van der Waals surface area contributed by atoms with Crippen molar-refractivity contribution in [3.05, 3.63) is 33.4 Å². The Morgan fingerprint density at radius 2 is 2.13 bits per heavy atom. The van der Waals surface area contributed by atoms with Gasteiger partial charge in [0.05, 0.1) is 11.3 Å². The van der Waals surface area contributed by atoms with E-state index in [1.807, 2.05) is 0 Å². The first-order valence-corrected chi connectivity index (χ1v) is 9.44. The first-order chi connectivity index (χ1) is 14.0. The predicted molar refractivity (Wildman–Crippen MR) is 97.9 cm³/mol. The molecular weight excluding hydrogens is 425 g/mol. The first kappa shape index (κ1) is 20.2. The Morgan fingerprint density at radius 3 is 2.77 bits per heavy atom. The van der Waals surface area contributed by atoms with Crippen molar-refractivity contribution in [2.24, 2.45) is 0 Å². The van der Waals surface area contributed by atoms with Crippen molar-refractivity contribution in [2.45, 2.75) is 17.9 Å². The highest BCUT2D eigenvalue weighted by Gasteiger charge is 2.43. The zero-order chi connectivity index (χ0) is 21.8. The molecule has 3 heterocycles. The summed E-state index contributed by atoms with van der Waals surface area (Å²) in [4.78, 5) is 27.7. The molecular formula is C19H13F3N2O5S. The van der Waals surface area contributed by atoms with Crippen LogP contribution in [0.1, 0.15) is 26.7 Å². The van der Waals surface area contributed by atoms with E-state index in [0.717, 1.165) is 12.1 Å².